The Morgan fingerprint density at radius 3 is 2.07 bits per heavy atom. The summed E-state index contributed by atoms with van der Waals surface area (Å²) in [6.07, 6.45) is 5.89. The summed E-state index contributed by atoms with van der Waals surface area (Å²) in [5.41, 5.74) is 4.73. The second-order valence-electron chi connectivity index (χ2n) is 7.97. The van der Waals surface area contributed by atoms with Gasteiger partial charge in [0.15, 0.2) is 0 Å². The van der Waals surface area contributed by atoms with Crippen LogP contribution < -0.4 is 14.7 Å². The molecule has 4 rings (SSSR count). The molecule has 6 heteroatoms. The minimum absolute atomic E-state index is 0.350. The Morgan fingerprint density at radius 1 is 0.900 bits per heavy atom. The van der Waals surface area contributed by atoms with Gasteiger partial charge in [-0.25, -0.2) is 5.01 Å². The minimum atomic E-state index is 0.350. The fraction of sp³-hybridized carbons (Fsp3) is 0.417. The molecule has 2 aliphatic rings. The molecule has 0 saturated carbocycles. The van der Waals surface area contributed by atoms with Crippen molar-refractivity contribution in [2.45, 2.75) is 39.7 Å². The average molecular weight is 405 g/mol. The second-order valence-corrected chi connectivity index (χ2v) is 7.97. The third-order valence-corrected chi connectivity index (χ3v) is 6.15. The van der Waals surface area contributed by atoms with E-state index in [1.165, 1.54) is 11.4 Å². The van der Waals surface area contributed by atoms with Crippen molar-refractivity contribution >= 4 is 23.4 Å². The molecule has 0 amide bonds. The highest BCUT2D eigenvalue weighted by Crippen LogP contribution is 2.28. The van der Waals surface area contributed by atoms with Crippen molar-refractivity contribution in [1.29, 1.82) is 0 Å². The van der Waals surface area contributed by atoms with E-state index in [9.17, 15) is 0 Å². The standard InChI is InChI=1S/C24H32N6/c1-5-19(3)30-20(4)29(18-26-30)23-11-9-22(10-12-23)27-13-15-28(16-14-27)24-8-7-21(6-2)25-17-24/h7-12,17-19H,4-6,13-16H2,1-3H3. The quantitative estimate of drug-likeness (QED) is 0.717. The first kappa shape index (κ1) is 20.3. The van der Waals surface area contributed by atoms with E-state index in [2.05, 4.69) is 88.5 Å². The highest BCUT2D eigenvalue weighted by molar-refractivity contribution is 5.85. The number of nitrogens with zero attached hydrogens (tertiary/aromatic N) is 6. The van der Waals surface area contributed by atoms with E-state index in [1.54, 1.807) is 0 Å². The van der Waals surface area contributed by atoms with Crippen LogP contribution in [0.3, 0.4) is 0 Å². The van der Waals surface area contributed by atoms with Crippen molar-refractivity contribution in [3.05, 3.63) is 60.7 Å². The van der Waals surface area contributed by atoms with Crippen LogP contribution in [0.15, 0.2) is 60.1 Å². The molecule has 0 bridgehead atoms. The van der Waals surface area contributed by atoms with Gasteiger partial charge in [-0.15, -0.1) is 0 Å². The molecule has 6 nitrogen and oxygen atoms in total. The van der Waals surface area contributed by atoms with Crippen molar-refractivity contribution in [2.75, 3.05) is 40.9 Å². The molecule has 1 atom stereocenters. The molecule has 0 spiro atoms. The Balaban J connectivity index is 1.36. The highest BCUT2D eigenvalue weighted by atomic mass is 15.6. The maximum Gasteiger partial charge on any atom is 0.128 e. The molecule has 2 aliphatic heterocycles. The van der Waals surface area contributed by atoms with Crippen LogP contribution in [-0.4, -0.2) is 48.6 Å². The largest absolute Gasteiger partial charge is 0.368 e. The zero-order valence-corrected chi connectivity index (χ0v) is 18.3. The smallest absolute Gasteiger partial charge is 0.128 e. The van der Waals surface area contributed by atoms with Crippen LogP contribution in [0, 0.1) is 0 Å². The minimum Gasteiger partial charge on any atom is -0.368 e. The maximum atomic E-state index is 4.54. The first-order valence-corrected chi connectivity index (χ1v) is 11.0. The number of aromatic nitrogens is 1. The predicted octanol–water partition coefficient (Wildman–Crippen LogP) is 4.31. The Morgan fingerprint density at radius 2 is 1.50 bits per heavy atom. The van der Waals surface area contributed by atoms with Crippen molar-refractivity contribution in [2.24, 2.45) is 5.10 Å². The SMILES string of the molecule is C=C1N(c2ccc(N3CCN(c4ccc(CC)nc4)CC3)cc2)C=NN1C(C)CC. The lowest BCUT2D eigenvalue weighted by Gasteiger charge is -2.37. The van der Waals surface area contributed by atoms with Crippen LogP contribution in [0.2, 0.25) is 0 Å². The van der Waals surface area contributed by atoms with E-state index in [1.807, 2.05) is 17.5 Å². The molecule has 0 radical (unpaired) electrons. The fourth-order valence-corrected chi connectivity index (χ4v) is 3.97. The number of rotatable bonds is 6. The fourth-order valence-electron chi connectivity index (χ4n) is 3.97. The molecule has 1 fully saturated rings. The molecule has 1 aromatic heterocycles. The second kappa shape index (κ2) is 8.78. The van der Waals surface area contributed by atoms with E-state index in [-0.39, 0.29) is 0 Å². The van der Waals surface area contributed by atoms with Crippen molar-refractivity contribution < 1.29 is 0 Å². The number of pyridine rings is 1. The number of hydrogen-bond donors (Lipinski definition) is 0. The summed E-state index contributed by atoms with van der Waals surface area (Å²) >= 11 is 0. The topological polar surface area (TPSA) is 38.2 Å². The van der Waals surface area contributed by atoms with Gasteiger partial charge in [0.2, 0.25) is 0 Å². The summed E-state index contributed by atoms with van der Waals surface area (Å²) in [6.45, 7) is 14.7. The van der Waals surface area contributed by atoms with Gasteiger partial charge < -0.3 is 9.80 Å². The lowest BCUT2D eigenvalue weighted by atomic mass is 10.2. The van der Waals surface area contributed by atoms with Crippen LogP contribution in [0.1, 0.15) is 32.9 Å². The van der Waals surface area contributed by atoms with Crippen LogP contribution in [0.5, 0.6) is 0 Å². The van der Waals surface area contributed by atoms with Gasteiger partial charge in [-0.1, -0.05) is 20.4 Å². The summed E-state index contributed by atoms with van der Waals surface area (Å²) in [4.78, 5) is 11.5. The zero-order valence-electron chi connectivity index (χ0n) is 18.3. The normalized spacial score (nSPS) is 17.8. The molecule has 30 heavy (non-hydrogen) atoms. The average Bonchev–Trinajstić information content (AvgIpc) is 3.20. The van der Waals surface area contributed by atoms with Crippen molar-refractivity contribution in [3.63, 3.8) is 0 Å². The number of aryl methyl sites for hydroxylation is 1. The molecule has 1 saturated heterocycles. The Bertz CT molecular complexity index is 881. The van der Waals surface area contributed by atoms with Gasteiger partial charge in [0, 0.05) is 43.2 Å². The number of hydrazone groups is 1. The van der Waals surface area contributed by atoms with E-state index in [0.717, 1.165) is 56.2 Å². The van der Waals surface area contributed by atoms with Crippen molar-refractivity contribution in [1.82, 2.24) is 9.99 Å². The van der Waals surface area contributed by atoms with Gasteiger partial charge in [-0.3, -0.25) is 9.88 Å². The Labute approximate surface area is 180 Å². The number of hydrogen-bond acceptors (Lipinski definition) is 6. The predicted molar refractivity (Wildman–Crippen MR) is 126 cm³/mol. The first-order valence-electron chi connectivity index (χ1n) is 11.0. The maximum absolute atomic E-state index is 4.54. The van der Waals surface area contributed by atoms with Gasteiger partial charge >= 0.3 is 0 Å². The highest BCUT2D eigenvalue weighted by Gasteiger charge is 2.24. The van der Waals surface area contributed by atoms with E-state index < -0.39 is 0 Å². The van der Waals surface area contributed by atoms with Gasteiger partial charge in [0.05, 0.1) is 17.9 Å². The number of benzene rings is 1. The summed E-state index contributed by atoms with van der Waals surface area (Å²) < 4.78 is 0. The number of piperazine rings is 1. The Hall–Kier alpha value is -3.02. The molecule has 0 aliphatic carbocycles. The molecular weight excluding hydrogens is 372 g/mol. The summed E-state index contributed by atoms with van der Waals surface area (Å²) in [5, 5.41) is 6.51. The van der Waals surface area contributed by atoms with Gasteiger partial charge in [-0.2, -0.15) is 5.10 Å². The lowest BCUT2D eigenvalue weighted by molar-refractivity contribution is 0.286. The molecule has 1 unspecified atom stereocenters. The van der Waals surface area contributed by atoms with Crippen molar-refractivity contribution in [3.8, 4) is 0 Å². The van der Waals surface area contributed by atoms with Crippen LogP contribution in [0.25, 0.3) is 0 Å². The van der Waals surface area contributed by atoms with E-state index >= 15 is 0 Å². The summed E-state index contributed by atoms with van der Waals surface area (Å²) in [5.74, 6) is 0.911. The molecular formula is C24H32N6. The lowest BCUT2D eigenvalue weighted by Crippen LogP contribution is -2.46. The van der Waals surface area contributed by atoms with Gasteiger partial charge in [0.25, 0.3) is 0 Å². The monoisotopic (exact) mass is 404 g/mol. The van der Waals surface area contributed by atoms with Gasteiger partial charge in [0.1, 0.15) is 12.2 Å². The zero-order chi connectivity index (χ0) is 21.1. The third kappa shape index (κ3) is 3.99. The van der Waals surface area contributed by atoms with Crippen LogP contribution in [0.4, 0.5) is 17.1 Å². The van der Waals surface area contributed by atoms with Gasteiger partial charge in [-0.05, 0) is 56.2 Å². The van der Waals surface area contributed by atoms with E-state index in [0.29, 0.717) is 6.04 Å². The van der Waals surface area contributed by atoms with Crippen LogP contribution >= 0.6 is 0 Å². The summed E-state index contributed by atoms with van der Waals surface area (Å²) in [6, 6.07) is 13.4. The van der Waals surface area contributed by atoms with Crippen LogP contribution in [-0.2, 0) is 6.42 Å². The molecule has 158 valence electrons. The first-order chi connectivity index (χ1) is 14.6. The molecule has 3 heterocycles. The van der Waals surface area contributed by atoms with E-state index in [4.69, 9.17) is 0 Å². The summed E-state index contributed by atoms with van der Waals surface area (Å²) in [7, 11) is 0. The Kier molecular flexibility index (Phi) is 5.93. The molecule has 0 N–H and O–H groups in total. The number of anilines is 3. The third-order valence-electron chi connectivity index (χ3n) is 6.15. The molecule has 1 aromatic carbocycles. The molecule has 2 aromatic rings.